The van der Waals surface area contributed by atoms with Crippen molar-refractivity contribution in [3.63, 3.8) is 0 Å². The van der Waals surface area contributed by atoms with Crippen molar-refractivity contribution in [3.8, 4) is 11.4 Å². The van der Waals surface area contributed by atoms with Gasteiger partial charge < -0.3 is 4.74 Å². The lowest BCUT2D eigenvalue weighted by atomic mass is 10.2. The molecule has 0 atom stereocenters. The average Bonchev–Trinajstić information content (AvgIpc) is 2.92. The van der Waals surface area contributed by atoms with E-state index < -0.39 is 0 Å². The molecule has 0 spiro atoms. The summed E-state index contributed by atoms with van der Waals surface area (Å²) in [6, 6.07) is 12.7. The fourth-order valence-corrected chi connectivity index (χ4v) is 2.81. The van der Waals surface area contributed by atoms with E-state index in [9.17, 15) is 4.79 Å². The van der Waals surface area contributed by atoms with Gasteiger partial charge in [-0.2, -0.15) is 0 Å². The molecule has 0 unspecified atom stereocenters. The van der Waals surface area contributed by atoms with Crippen molar-refractivity contribution in [1.29, 1.82) is 0 Å². The van der Waals surface area contributed by atoms with E-state index in [1.165, 1.54) is 4.68 Å². The van der Waals surface area contributed by atoms with Crippen LogP contribution in [0.4, 0.5) is 0 Å². The van der Waals surface area contributed by atoms with E-state index in [0.717, 1.165) is 27.9 Å². The van der Waals surface area contributed by atoms with Gasteiger partial charge in [0, 0.05) is 16.6 Å². The Morgan fingerprint density at radius 3 is 2.65 bits per heavy atom. The van der Waals surface area contributed by atoms with Crippen molar-refractivity contribution in [2.24, 2.45) is 0 Å². The molecule has 2 heterocycles. The van der Waals surface area contributed by atoms with Crippen LogP contribution in [0.25, 0.3) is 27.5 Å². The maximum Gasteiger partial charge on any atom is 0.280 e. The number of aromatic amines is 1. The van der Waals surface area contributed by atoms with E-state index in [1.807, 2.05) is 30.3 Å². The van der Waals surface area contributed by atoms with Crippen molar-refractivity contribution >= 4 is 33.4 Å². The Morgan fingerprint density at radius 1 is 1.13 bits per heavy atom. The van der Waals surface area contributed by atoms with Gasteiger partial charge in [0.15, 0.2) is 0 Å². The number of hydrogen-bond acceptors (Lipinski definition) is 3. The monoisotopic (exact) mass is 325 g/mol. The van der Waals surface area contributed by atoms with Crippen LogP contribution in [0.3, 0.4) is 0 Å². The van der Waals surface area contributed by atoms with Crippen molar-refractivity contribution in [3.05, 3.63) is 64.0 Å². The van der Waals surface area contributed by atoms with Gasteiger partial charge in [0.1, 0.15) is 5.75 Å². The molecule has 0 radical (unpaired) electrons. The molecule has 0 saturated carbocycles. The minimum absolute atomic E-state index is 0.144. The Balaban J connectivity index is 1.99. The normalized spacial score (nSPS) is 11.2. The highest BCUT2D eigenvalue weighted by Crippen LogP contribution is 2.24. The molecule has 114 valence electrons. The molecule has 0 aliphatic heterocycles. The number of benzene rings is 2. The molecule has 6 heteroatoms. The molecule has 23 heavy (non-hydrogen) atoms. The van der Waals surface area contributed by atoms with Crippen molar-refractivity contribution in [2.75, 3.05) is 7.11 Å². The summed E-state index contributed by atoms with van der Waals surface area (Å²) in [5, 5.41) is 5.17. The van der Waals surface area contributed by atoms with Crippen molar-refractivity contribution in [1.82, 2.24) is 14.8 Å². The third-order valence-corrected chi connectivity index (χ3v) is 4.05. The Bertz CT molecular complexity index is 1080. The molecule has 4 aromatic rings. The predicted molar refractivity (Wildman–Crippen MR) is 90.8 cm³/mol. The number of aromatic nitrogens is 3. The van der Waals surface area contributed by atoms with Gasteiger partial charge in [0.25, 0.3) is 5.56 Å². The number of hydrogen-bond donors (Lipinski definition) is 1. The van der Waals surface area contributed by atoms with E-state index >= 15 is 0 Å². The highest BCUT2D eigenvalue weighted by atomic mass is 35.5. The molecule has 0 saturated heterocycles. The highest BCUT2D eigenvalue weighted by Gasteiger charge is 2.12. The lowest BCUT2D eigenvalue weighted by molar-refractivity contribution is 0.414. The molecule has 0 bridgehead atoms. The Kier molecular flexibility index (Phi) is 3.09. The molecule has 0 aliphatic carbocycles. The Labute approximate surface area is 136 Å². The van der Waals surface area contributed by atoms with Crippen LogP contribution in [-0.4, -0.2) is 21.9 Å². The quantitative estimate of drug-likeness (QED) is 0.613. The van der Waals surface area contributed by atoms with Gasteiger partial charge in [-0.05, 0) is 42.5 Å². The minimum Gasteiger partial charge on any atom is -0.497 e. The number of nitrogens with one attached hydrogen (secondary N) is 1. The molecule has 0 fully saturated rings. The summed E-state index contributed by atoms with van der Waals surface area (Å²) in [7, 11) is 1.60. The number of fused-ring (bicyclic) bond motifs is 3. The molecule has 2 aromatic carbocycles. The van der Waals surface area contributed by atoms with Crippen LogP contribution in [0.5, 0.6) is 5.75 Å². The van der Waals surface area contributed by atoms with Crippen LogP contribution in [-0.2, 0) is 0 Å². The van der Waals surface area contributed by atoms with Crippen LogP contribution in [0, 0.1) is 0 Å². The summed E-state index contributed by atoms with van der Waals surface area (Å²) in [5.41, 5.74) is 2.07. The Hall–Kier alpha value is -2.79. The van der Waals surface area contributed by atoms with E-state index in [0.29, 0.717) is 10.4 Å². The first-order valence-electron chi connectivity index (χ1n) is 7.01. The molecular formula is C17H12ClN3O2. The van der Waals surface area contributed by atoms with Gasteiger partial charge in [-0.25, -0.2) is 4.68 Å². The van der Waals surface area contributed by atoms with E-state index in [2.05, 4.69) is 10.1 Å². The van der Waals surface area contributed by atoms with Crippen LogP contribution < -0.4 is 10.3 Å². The fraction of sp³-hybridized carbons (Fsp3) is 0.0588. The molecule has 5 nitrogen and oxygen atoms in total. The van der Waals surface area contributed by atoms with E-state index in [-0.39, 0.29) is 5.56 Å². The number of halogens is 1. The lowest BCUT2D eigenvalue weighted by Crippen LogP contribution is -2.14. The maximum absolute atomic E-state index is 12.6. The zero-order chi connectivity index (χ0) is 16.0. The van der Waals surface area contributed by atoms with Gasteiger partial charge in [0.05, 0.1) is 29.2 Å². The maximum atomic E-state index is 12.6. The molecular weight excluding hydrogens is 314 g/mol. The Morgan fingerprint density at radius 2 is 1.91 bits per heavy atom. The van der Waals surface area contributed by atoms with Crippen LogP contribution >= 0.6 is 11.6 Å². The van der Waals surface area contributed by atoms with Gasteiger partial charge in [0.2, 0.25) is 0 Å². The second-order valence-electron chi connectivity index (χ2n) is 5.16. The number of nitrogens with zero attached hydrogens (tertiary/aromatic N) is 2. The first-order valence-corrected chi connectivity index (χ1v) is 7.38. The average molecular weight is 326 g/mol. The van der Waals surface area contributed by atoms with Gasteiger partial charge in [-0.1, -0.05) is 11.6 Å². The summed E-state index contributed by atoms with van der Waals surface area (Å²) in [4.78, 5) is 17.0. The number of rotatable bonds is 2. The zero-order valence-corrected chi connectivity index (χ0v) is 13.0. The first-order chi connectivity index (χ1) is 11.2. The third kappa shape index (κ3) is 2.17. The number of methoxy groups -OCH3 is 1. The third-order valence-electron chi connectivity index (χ3n) is 3.82. The van der Waals surface area contributed by atoms with E-state index in [4.69, 9.17) is 16.3 Å². The van der Waals surface area contributed by atoms with E-state index in [1.54, 1.807) is 25.4 Å². The highest BCUT2D eigenvalue weighted by molar-refractivity contribution is 6.31. The van der Waals surface area contributed by atoms with Crippen molar-refractivity contribution in [2.45, 2.75) is 0 Å². The number of ether oxygens (including phenoxy) is 1. The zero-order valence-electron chi connectivity index (χ0n) is 12.2. The molecule has 0 aliphatic rings. The van der Waals surface area contributed by atoms with Gasteiger partial charge in [-0.15, -0.1) is 0 Å². The minimum atomic E-state index is -0.144. The molecule has 2 aromatic heterocycles. The van der Waals surface area contributed by atoms with Crippen LogP contribution in [0.15, 0.2) is 53.5 Å². The number of pyridine rings is 1. The fourth-order valence-electron chi connectivity index (χ4n) is 2.65. The summed E-state index contributed by atoms with van der Waals surface area (Å²) in [6.07, 6.45) is 1.58. The van der Waals surface area contributed by atoms with Crippen LogP contribution in [0.1, 0.15) is 0 Å². The summed E-state index contributed by atoms with van der Waals surface area (Å²) in [6.45, 7) is 0. The molecule has 0 amide bonds. The summed E-state index contributed by atoms with van der Waals surface area (Å²) >= 11 is 6.00. The SMILES string of the molecule is COc1ccc(-n2[nH]c3c(cnc4cc(Cl)ccc43)c2=O)cc1. The largest absolute Gasteiger partial charge is 0.497 e. The smallest absolute Gasteiger partial charge is 0.280 e. The molecule has 4 rings (SSSR count). The van der Waals surface area contributed by atoms with Crippen molar-refractivity contribution < 1.29 is 4.74 Å². The summed E-state index contributed by atoms with van der Waals surface area (Å²) in [5.74, 6) is 0.736. The topological polar surface area (TPSA) is 59.9 Å². The first kappa shape index (κ1) is 13.8. The van der Waals surface area contributed by atoms with Gasteiger partial charge >= 0.3 is 0 Å². The van der Waals surface area contributed by atoms with Gasteiger partial charge in [-0.3, -0.25) is 14.9 Å². The standard InChI is InChI=1S/C17H12ClN3O2/c1-23-12-5-3-11(4-6-12)21-17(22)14-9-19-15-8-10(18)2-7-13(15)16(14)20-21/h2-9,20H,1H3. The lowest BCUT2D eigenvalue weighted by Gasteiger charge is -2.03. The second kappa shape index (κ2) is 5.14. The predicted octanol–water partition coefficient (Wildman–Crippen LogP) is 3.53. The second-order valence-corrected chi connectivity index (χ2v) is 5.60. The molecule has 1 N–H and O–H groups in total. The summed E-state index contributed by atoms with van der Waals surface area (Å²) < 4.78 is 6.64. The van der Waals surface area contributed by atoms with Crippen LogP contribution in [0.2, 0.25) is 5.02 Å². The number of H-pyrrole nitrogens is 1.